The van der Waals surface area contributed by atoms with Crippen LogP contribution in [-0.2, 0) is 4.79 Å². The standard InChI is InChI=1S/C24H28N4O2S/c1-17-10-9-11-18(2)27(17)22(29)16-31-24-26-25-23(20-14-7-8-15-21(20)30-3)28(24)19-12-5-4-6-13-19/h4-8,12-15,17-18H,9-11,16H2,1-3H3/t17-,18+. The maximum atomic E-state index is 13.0. The number of carbonyl (C=O) groups is 1. The molecular weight excluding hydrogens is 408 g/mol. The highest BCUT2D eigenvalue weighted by molar-refractivity contribution is 7.99. The summed E-state index contributed by atoms with van der Waals surface area (Å²) in [7, 11) is 1.65. The quantitative estimate of drug-likeness (QED) is 0.518. The molecule has 162 valence electrons. The smallest absolute Gasteiger partial charge is 0.233 e. The van der Waals surface area contributed by atoms with Crippen LogP contribution < -0.4 is 4.74 Å². The van der Waals surface area contributed by atoms with Crippen molar-refractivity contribution in [2.45, 2.75) is 50.4 Å². The number of amides is 1. The first-order valence-corrected chi connectivity index (χ1v) is 11.7. The van der Waals surface area contributed by atoms with Gasteiger partial charge in [-0.05, 0) is 57.4 Å². The molecule has 0 aliphatic carbocycles. The van der Waals surface area contributed by atoms with Gasteiger partial charge in [0.1, 0.15) is 5.75 Å². The zero-order chi connectivity index (χ0) is 21.8. The van der Waals surface area contributed by atoms with Crippen molar-refractivity contribution in [3.63, 3.8) is 0 Å². The van der Waals surface area contributed by atoms with Crippen molar-refractivity contribution < 1.29 is 9.53 Å². The monoisotopic (exact) mass is 436 g/mol. The summed E-state index contributed by atoms with van der Waals surface area (Å²) in [6, 6.07) is 18.3. The first-order valence-electron chi connectivity index (χ1n) is 10.7. The second kappa shape index (κ2) is 9.56. The normalized spacial score (nSPS) is 18.7. The largest absolute Gasteiger partial charge is 0.496 e. The molecule has 2 heterocycles. The molecule has 1 saturated heterocycles. The van der Waals surface area contributed by atoms with Crippen molar-refractivity contribution in [1.29, 1.82) is 0 Å². The van der Waals surface area contributed by atoms with Crippen molar-refractivity contribution in [3.05, 3.63) is 54.6 Å². The zero-order valence-electron chi connectivity index (χ0n) is 18.2. The zero-order valence-corrected chi connectivity index (χ0v) is 19.0. The van der Waals surface area contributed by atoms with E-state index in [0.717, 1.165) is 29.8 Å². The van der Waals surface area contributed by atoms with E-state index >= 15 is 0 Å². The Balaban J connectivity index is 1.65. The van der Waals surface area contributed by atoms with E-state index < -0.39 is 0 Å². The van der Waals surface area contributed by atoms with E-state index in [0.29, 0.717) is 16.7 Å². The van der Waals surface area contributed by atoms with Crippen LogP contribution in [0.1, 0.15) is 33.1 Å². The fourth-order valence-corrected chi connectivity index (χ4v) is 5.11. The average Bonchev–Trinajstić information content (AvgIpc) is 3.22. The molecule has 1 aliphatic heterocycles. The van der Waals surface area contributed by atoms with E-state index in [9.17, 15) is 4.79 Å². The van der Waals surface area contributed by atoms with Gasteiger partial charge in [0.15, 0.2) is 11.0 Å². The third-order valence-electron chi connectivity index (χ3n) is 5.80. The van der Waals surface area contributed by atoms with Crippen LogP contribution in [-0.4, -0.2) is 50.5 Å². The van der Waals surface area contributed by atoms with Gasteiger partial charge in [-0.3, -0.25) is 9.36 Å². The molecule has 31 heavy (non-hydrogen) atoms. The molecule has 0 spiro atoms. The summed E-state index contributed by atoms with van der Waals surface area (Å²) in [4.78, 5) is 15.1. The molecule has 6 nitrogen and oxygen atoms in total. The molecule has 1 aliphatic rings. The lowest BCUT2D eigenvalue weighted by Gasteiger charge is -2.39. The Hall–Kier alpha value is -2.80. The molecule has 0 radical (unpaired) electrons. The summed E-state index contributed by atoms with van der Waals surface area (Å²) in [5.74, 6) is 1.92. The molecule has 3 aromatic rings. The number of methoxy groups -OCH3 is 1. The van der Waals surface area contributed by atoms with Crippen molar-refractivity contribution in [2.24, 2.45) is 0 Å². The summed E-state index contributed by atoms with van der Waals surface area (Å²) in [5, 5.41) is 9.62. The first kappa shape index (κ1) is 21.4. The first-order chi connectivity index (χ1) is 15.1. The van der Waals surface area contributed by atoms with E-state index in [1.807, 2.05) is 64.1 Å². The Morgan fingerprint density at radius 1 is 1.03 bits per heavy atom. The molecule has 0 saturated carbocycles. The van der Waals surface area contributed by atoms with Crippen molar-refractivity contribution >= 4 is 17.7 Å². The summed E-state index contributed by atoms with van der Waals surface area (Å²) >= 11 is 1.43. The maximum Gasteiger partial charge on any atom is 0.233 e. The lowest BCUT2D eigenvalue weighted by atomic mass is 9.98. The molecule has 2 atom stereocenters. The third kappa shape index (κ3) is 4.46. The summed E-state index contributed by atoms with van der Waals surface area (Å²) in [6.07, 6.45) is 3.32. The number of aromatic nitrogens is 3. The highest BCUT2D eigenvalue weighted by atomic mass is 32.2. The third-order valence-corrected chi connectivity index (χ3v) is 6.72. The minimum absolute atomic E-state index is 0.158. The molecule has 0 unspecified atom stereocenters. The molecule has 1 fully saturated rings. The van der Waals surface area contributed by atoms with Crippen LogP contribution in [0.25, 0.3) is 17.1 Å². The number of piperidine rings is 1. The topological polar surface area (TPSA) is 60.3 Å². The number of likely N-dealkylation sites (tertiary alicyclic amines) is 1. The molecule has 7 heteroatoms. The van der Waals surface area contributed by atoms with Gasteiger partial charge in [-0.25, -0.2) is 0 Å². The van der Waals surface area contributed by atoms with Gasteiger partial charge < -0.3 is 9.64 Å². The van der Waals surface area contributed by atoms with Crippen LogP contribution in [0.15, 0.2) is 59.8 Å². The van der Waals surface area contributed by atoms with E-state index in [-0.39, 0.29) is 18.0 Å². The molecule has 2 aromatic carbocycles. The Bertz CT molecular complexity index is 1030. The molecule has 0 N–H and O–H groups in total. The average molecular weight is 437 g/mol. The van der Waals surface area contributed by atoms with Crippen LogP contribution in [0.2, 0.25) is 0 Å². The van der Waals surface area contributed by atoms with Crippen LogP contribution in [0.5, 0.6) is 5.75 Å². The maximum absolute atomic E-state index is 13.0. The molecule has 1 aromatic heterocycles. The van der Waals surface area contributed by atoms with E-state index in [2.05, 4.69) is 24.0 Å². The van der Waals surface area contributed by atoms with Crippen molar-refractivity contribution in [3.8, 4) is 22.8 Å². The highest BCUT2D eigenvalue weighted by Crippen LogP contribution is 2.33. The predicted molar refractivity (Wildman–Crippen MR) is 124 cm³/mol. The van der Waals surface area contributed by atoms with Crippen LogP contribution in [0, 0.1) is 0 Å². The number of hydrogen-bond donors (Lipinski definition) is 0. The Morgan fingerprint density at radius 3 is 2.42 bits per heavy atom. The SMILES string of the molecule is COc1ccccc1-c1nnc(SCC(=O)N2[C@H](C)CCC[C@@H]2C)n1-c1ccccc1. The minimum atomic E-state index is 0.158. The van der Waals surface area contributed by atoms with Gasteiger partial charge in [-0.15, -0.1) is 10.2 Å². The number of nitrogens with zero attached hydrogens (tertiary/aromatic N) is 4. The van der Waals surface area contributed by atoms with Gasteiger partial charge in [-0.2, -0.15) is 0 Å². The number of hydrogen-bond acceptors (Lipinski definition) is 5. The minimum Gasteiger partial charge on any atom is -0.496 e. The Kier molecular flexibility index (Phi) is 6.61. The van der Waals surface area contributed by atoms with Gasteiger partial charge in [0.05, 0.1) is 18.4 Å². The fourth-order valence-electron chi connectivity index (χ4n) is 4.29. The van der Waals surface area contributed by atoms with Gasteiger partial charge in [0.2, 0.25) is 5.91 Å². The predicted octanol–water partition coefficient (Wildman–Crippen LogP) is 4.82. The lowest BCUT2D eigenvalue weighted by molar-refractivity contribution is -0.134. The fraction of sp³-hybridized carbons (Fsp3) is 0.375. The number of thioether (sulfide) groups is 1. The van der Waals surface area contributed by atoms with Crippen LogP contribution >= 0.6 is 11.8 Å². The number of benzene rings is 2. The number of ether oxygens (including phenoxy) is 1. The van der Waals surface area contributed by atoms with Crippen LogP contribution in [0.4, 0.5) is 0 Å². The van der Waals surface area contributed by atoms with Crippen molar-refractivity contribution in [1.82, 2.24) is 19.7 Å². The molecule has 0 bridgehead atoms. The molecule has 4 rings (SSSR count). The van der Waals surface area contributed by atoms with Crippen molar-refractivity contribution in [2.75, 3.05) is 12.9 Å². The lowest BCUT2D eigenvalue weighted by Crippen LogP contribution is -2.48. The highest BCUT2D eigenvalue weighted by Gasteiger charge is 2.29. The summed E-state index contributed by atoms with van der Waals surface area (Å²) in [5.41, 5.74) is 1.81. The van der Waals surface area contributed by atoms with Gasteiger partial charge >= 0.3 is 0 Å². The summed E-state index contributed by atoms with van der Waals surface area (Å²) < 4.78 is 7.55. The summed E-state index contributed by atoms with van der Waals surface area (Å²) in [6.45, 7) is 4.29. The van der Waals surface area contributed by atoms with E-state index in [1.165, 1.54) is 18.2 Å². The second-order valence-corrected chi connectivity index (χ2v) is 8.84. The second-order valence-electron chi connectivity index (χ2n) is 7.90. The molecular formula is C24H28N4O2S. The van der Waals surface area contributed by atoms with Crippen LogP contribution in [0.3, 0.4) is 0 Å². The molecule has 1 amide bonds. The van der Waals surface area contributed by atoms with E-state index in [4.69, 9.17) is 4.74 Å². The van der Waals surface area contributed by atoms with Gasteiger partial charge in [0.25, 0.3) is 0 Å². The Labute approximate surface area is 187 Å². The number of para-hydroxylation sites is 2. The number of carbonyl (C=O) groups excluding carboxylic acids is 1. The number of rotatable bonds is 6. The van der Waals surface area contributed by atoms with Gasteiger partial charge in [0, 0.05) is 17.8 Å². The van der Waals surface area contributed by atoms with Gasteiger partial charge in [-0.1, -0.05) is 42.1 Å². The van der Waals surface area contributed by atoms with E-state index in [1.54, 1.807) is 7.11 Å². The Morgan fingerprint density at radius 2 is 1.71 bits per heavy atom.